The molecule has 18 heavy (non-hydrogen) atoms. The van der Waals surface area contributed by atoms with E-state index < -0.39 is 0 Å². The zero-order chi connectivity index (χ0) is 13.0. The molecule has 2 rings (SSSR count). The number of carbonyl (C=O) groups is 1. The third-order valence-corrected chi connectivity index (χ3v) is 3.10. The van der Waals surface area contributed by atoms with Gasteiger partial charge in [-0.25, -0.2) is 5.84 Å². The van der Waals surface area contributed by atoms with Crippen LogP contribution in [0.3, 0.4) is 0 Å². The summed E-state index contributed by atoms with van der Waals surface area (Å²) in [6.45, 7) is 0. The number of methoxy groups -OCH3 is 1. The molecule has 0 aliphatic heterocycles. The fraction of sp³-hybridized carbons (Fsp3) is 0.545. The van der Waals surface area contributed by atoms with Crippen LogP contribution in [0.4, 0.5) is 5.82 Å². The molecule has 1 aliphatic rings. The lowest BCUT2D eigenvalue weighted by Gasteiger charge is -2.12. The Kier molecular flexibility index (Phi) is 4.06. The number of rotatable bonds is 4. The first-order valence-corrected chi connectivity index (χ1v) is 5.87. The second-order valence-electron chi connectivity index (χ2n) is 4.29. The molecule has 1 aromatic heterocycles. The number of carbonyl (C=O) groups excluding carboxylic acids is 1. The predicted octanol–water partition coefficient (Wildman–Crippen LogP) is 0.0595. The van der Waals surface area contributed by atoms with Crippen molar-refractivity contribution in [3.63, 3.8) is 0 Å². The van der Waals surface area contributed by atoms with Gasteiger partial charge in [-0.3, -0.25) is 4.79 Å². The minimum absolute atomic E-state index is 0.150. The zero-order valence-electron chi connectivity index (χ0n) is 10.2. The number of nitrogens with one attached hydrogen (secondary N) is 2. The van der Waals surface area contributed by atoms with Gasteiger partial charge in [0.05, 0.1) is 6.10 Å². The summed E-state index contributed by atoms with van der Waals surface area (Å²) in [7, 11) is 1.69. The molecule has 7 heteroatoms. The number of hydrogen-bond donors (Lipinski definition) is 3. The first-order valence-electron chi connectivity index (χ1n) is 5.87. The van der Waals surface area contributed by atoms with Gasteiger partial charge in [0, 0.05) is 13.2 Å². The van der Waals surface area contributed by atoms with Gasteiger partial charge in [-0.15, -0.1) is 10.2 Å². The maximum Gasteiger partial charge on any atom is 0.272 e. The summed E-state index contributed by atoms with van der Waals surface area (Å²) in [6.07, 6.45) is 2.99. The van der Waals surface area contributed by atoms with Crippen molar-refractivity contribution in [2.24, 2.45) is 5.84 Å². The molecule has 4 N–H and O–H groups in total. The largest absolute Gasteiger partial charge is 0.381 e. The third kappa shape index (κ3) is 2.93. The van der Waals surface area contributed by atoms with Gasteiger partial charge in [-0.1, -0.05) is 0 Å². The van der Waals surface area contributed by atoms with Crippen molar-refractivity contribution in [2.75, 3.05) is 12.5 Å². The lowest BCUT2D eigenvalue weighted by Crippen LogP contribution is -2.34. The Morgan fingerprint density at radius 1 is 1.44 bits per heavy atom. The van der Waals surface area contributed by atoms with E-state index in [4.69, 9.17) is 10.6 Å². The molecule has 1 heterocycles. The monoisotopic (exact) mass is 251 g/mol. The van der Waals surface area contributed by atoms with Crippen LogP contribution in [0.25, 0.3) is 0 Å². The molecule has 1 aromatic rings. The first-order chi connectivity index (χ1) is 8.72. The summed E-state index contributed by atoms with van der Waals surface area (Å²) in [6, 6.07) is 3.34. The van der Waals surface area contributed by atoms with Crippen LogP contribution in [0, 0.1) is 0 Å². The number of hydrogen-bond acceptors (Lipinski definition) is 6. The quantitative estimate of drug-likeness (QED) is 0.516. The Labute approximate surface area is 105 Å². The number of nitrogens with two attached hydrogens (primary N) is 1. The molecule has 0 spiro atoms. The van der Waals surface area contributed by atoms with Crippen LogP contribution in [0.15, 0.2) is 12.1 Å². The number of amides is 1. The maximum atomic E-state index is 11.9. The number of ether oxygens (including phenoxy) is 1. The second kappa shape index (κ2) is 5.74. The van der Waals surface area contributed by atoms with Crippen LogP contribution >= 0.6 is 0 Å². The molecule has 0 aromatic carbocycles. The molecule has 98 valence electrons. The van der Waals surface area contributed by atoms with Crippen LogP contribution in [-0.2, 0) is 4.74 Å². The van der Waals surface area contributed by atoms with Crippen molar-refractivity contribution in [3.8, 4) is 0 Å². The van der Waals surface area contributed by atoms with Crippen LogP contribution in [0.1, 0.15) is 29.8 Å². The van der Waals surface area contributed by atoms with Crippen LogP contribution in [0.2, 0.25) is 0 Å². The van der Waals surface area contributed by atoms with Gasteiger partial charge in [0.15, 0.2) is 11.5 Å². The molecule has 2 unspecified atom stereocenters. The van der Waals surface area contributed by atoms with E-state index in [1.54, 1.807) is 19.2 Å². The average molecular weight is 251 g/mol. The number of aromatic nitrogens is 2. The Balaban J connectivity index is 1.91. The van der Waals surface area contributed by atoms with Gasteiger partial charge in [0.2, 0.25) is 0 Å². The van der Waals surface area contributed by atoms with Gasteiger partial charge in [0.25, 0.3) is 5.91 Å². The minimum Gasteiger partial charge on any atom is -0.381 e. The Hall–Kier alpha value is -1.73. The Morgan fingerprint density at radius 3 is 2.83 bits per heavy atom. The Morgan fingerprint density at radius 2 is 2.28 bits per heavy atom. The third-order valence-electron chi connectivity index (χ3n) is 3.10. The molecule has 7 nitrogen and oxygen atoms in total. The molecular formula is C11H17N5O2. The maximum absolute atomic E-state index is 11.9. The van der Waals surface area contributed by atoms with E-state index in [0.717, 1.165) is 19.3 Å². The van der Waals surface area contributed by atoms with Crippen LogP contribution in [0.5, 0.6) is 0 Å². The summed E-state index contributed by atoms with van der Waals surface area (Å²) in [5.74, 6) is 5.38. The number of nitrogen functional groups attached to an aromatic ring is 1. The lowest BCUT2D eigenvalue weighted by molar-refractivity contribution is 0.0909. The van der Waals surface area contributed by atoms with E-state index in [2.05, 4.69) is 20.9 Å². The molecule has 0 saturated heterocycles. The SMILES string of the molecule is COC1CCC(NC(=O)c2ccc(NN)nn2)C1. The first kappa shape index (κ1) is 12.7. The lowest BCUT2D eigenvalue weighted by atomic mass is 10.2. The van der Waals surface area contributed by atoms with Gasteiger partial charge < -0.3 is 15.5 Å². The van der Waals surface area contributed by atoms with E-state index in [0.29, 0.717) is 5.82 Å². The topological polar surface area (TPSA) is 102 Å². The highest BCUT2D eigenvalue weighted by molar-refractivity contribution is 5.92. The van der Waals surface area contributed by atoms with Crippen molar-refractivity contribution < 1.29 is 9.53 Å². The molecule has 1 fully saturated rings. The van der Waals surface area contributed by atoms with Gasteiger partial charge in [-0.05, 0) is 31.4 Å². The molecular weight excluding hydrogens is 234 g/mol. The highest BCUT2D eigenvalue weighted by Gasteiger charge is 2.26. The van der Waals surface area contributed by atoms with Crippen LogP contribution in [-0.4, -0.2) is 35.4 Å². The normalized spacial score (nSPS) is 22.8. The fourth-order valence-electron chi connectivity index (χ4n) is 2.07. The van der Waals surface area contributed by atoms with Crippen molar-refractivity contribution in [3.05, 3.63) is 17.8 Å². The van der Waals surface area contributed by atoms with E-state index in [1.165, 1.54) is 0 Å². The van der Waals surface area contributed by atoms with E-state index in [-0.39, 0.29) is 23.7 Å². The molecule has 0 bridgehead atoms. The second-order valence-corrected chi connectivity index (χ2v) is 4.29. The smallest absolute Gasteiger partial charge is 0.272 e. The van der Waals surface area contributed by atoms with Crippen LogP contribution < -0.4 is 16.6 Å². The summed E-state index contributed by atoms with van der Waals surface area (Å²) in [5.41, 5.74) is 2.64. The van der Waals surface area contributed by atoms with Gasteiger partial charge in [-0.2, -0.15) is 0 Å². The highest BCUT2D eigenvalue weighted by atomic mass is 16.5. The average Bonchev–Trinajstić information content (AvgIpc) is 2.86. The molecule has 1 saturated carbocycles. The predicted molar refractivity (Wildman–Crippen MR) is 65.7 cm³/mol. The summed E-state index contributed by atoms with van der Waals surface area (Å²) < 4.78 is 5.26. The molecule has 1 amide bonds. The van der Waals surface area contributed by atoms with Crippen molar-refractivity contribution in [1.82, 2.24) is 15.5 Å². The van der Waals surface area contributed by atoms with Crippen molar-refractivity contribution in [1.29, 1.82) is 0 Å². The fourth-order valence-corrected chi connectivity index (χ4v) is 2.07. The zero-order valence-corrected chi connectivity index (χ0v) is 10.2. The Bertz CT molecular complexity index is 408. The minimum atomic E-state index is -0.215. The summed E-state index contributed by atoms with van der Waals surface area (Å²) in [5, 5.41) is 10.5. The van der Waals surface area contributed by atoms with Crippen molar-refractivity contribution >= 4 is 11.7 Å². The van der Waals surface area contributed by atoms with E-state index >= 15 is 0 Å². The van der Waals surface area contributed by atoms with Gasteiger partial charge in [0.1, 0.15) is 0 Å². The molecule has 0 radical (unpaired) electrons. The van der Waals surface area contributed by atoms with E-state index in [1.807, 2.05) is 0 Å². The van der Waals surface area contributed by atoms with Crippen molar-refractivity contribution in [2.45, 2.75) is 31.4 Å². The standard InChI is InChI=1S/C11H17N5O2/c1-18-8-3-2-7(6-8)13-11(17)9-4-5-10(14-12)16-15-9/h4-5,7-8H,2-3,6,12H2,1H3,(H,13,17)(H,14,16). The number of hydrazine groups is 1. The molecule has 1 aliphatic carbocycles. The van der Waals surface area contributed by atoms with E-state index in [9.17, 15) is 4.79 Å². The number of nitrogens with zero attached hydrogens (tertiary/aromatic N) is 2. The summed E-state index contributed by atoms with van der Waals surface area (Å²) >= 11 is 0. The summed E-state index contributed by atoms with van der Waals surface area (Å²) in [4.78, 5) is 11.9. The highest BCUT2D eigenvalue weighted by Crippen LogP contribution is 2.21. The van der Waals surface area contributed by atoms with Gasteiger partial charge >= 0.3 is 0 Å². The molecule has 2 atom stereocenters. The number of anilines is 1.